The molecule has 0 bridgehead atoms. The van der Waals surface area contributed by atoms with Crippen LogP contribution in [0, 0.1) is 10.1 Å². The predicted molar refractivity (Wildman–Crippen MR) is 87.7 cm³/mol. The van der Waals surface area contributed by atoms with Gasteiger partial charge in [0.05, 0.1) is 22.3 Å². The molecule has 120 valence electrons. The smallest absolute Gasteiger partial charge is 0.285 e. The maximum atomic E-state index is 12.2. The van der Waals surface area contributed by atoms with Crippen LogP contribution in [-0.2, 0) is 11.3 Å². The van der Waals surface area contributed by atoms with E-state index in [4.69, 9.17) is 0 Å². The number of pyridine rings is 2. The van der Waals surface area contributed by atoms with E-state index < -0.39 is 16.4 Å². The Bertz CT molecular complexity index is 991. The van der Waals surface area contributed by atoms with E-state index in [9.17, 15) is 19.7 Å². The van der Waals surface area contributed by atoms with Crippen molar-refractivity contribution in [2.24, 2.45) is 0 Å². The summed E-state index contributed by atoms with van der Waals surface area (Å²) in [6, 6.07) is 11.0. The minimum absolute atomic E-state index is 0.253. The van der Waals surface area contributed by atoms with Crippen molar-refractivity contribution >= 4 is 28.2 Å². The molecule has 3 rings (SSSR count). The number of hydrogen-bond donors (Lipinski definition) is 1. The van der Waals surface area contributed by atoms with Gasteiger partial charge in [0.1, 0.15) is 6.54 Å². The molecule has 0 fully saturated rings. The zero-order valence-corrected chi connectivity index (χ0v) is 12.4. The summed E-state index contributed by atoms with van der Waals surface area (Å²) in [6.45, 7) is -0.322. The number of nitrogens with one attached hydrogen (secondary N) is 1. The van der Waals surface area contributed by atoms with Crippen LogP contribution in [0.4, 0.5) is 11.4 Å². The molecule has 8 heteroatoms. The van der Waals surface area contributed by atoms with Gasteiger partial charge in [-0.15, -0.1) is 0 Å². The first kappa shape index (κ1) is 15.3. The molecule has 1 amide bonds. The maximum Gasteiger partial charge on any atom is 0.285 e. The van der Waals surface area contributed by atoms with E-state index >= 15 is 0 Å². The highest BCUT2D eigenvalue weighted by Gasteiger charge is 2.11. The van der Waals surface area contributed by atoms with Crippen LogP contribution in [0.3, 0.4) is 0 Å². The molecule has 0 saturated heterocycles. The van der Waals surface area contributed by atoms with Crippen molar-refractivity contribution in [2.75, 3.05) is 5.32 Å². The number of benzene rings is 1. The Balaban J connectivity index is 1.84. The standard InChI is InChI=1S/C16H12N4O4/c21-15(10-19-9-11(20(23)24)6-7-16(19)22)18-14-5-1-4-13-12(14)3-2-8-17-13/h1-9H,10H2,(H,18,21). The third-order valence-corrected chi connectivity index (χ3v) is 3.41. The molecule has 3 aromatic rings. The summed E-state index contributed by atoms with van der Waals surface area (Å²) < 4.78 is 0.997. The van der Waals surface area contributed by atoms with E-state index in [1.165, 1.54) is 0 Å². The van der Waals surface area contributed by atoms with Crippen LogP contribution in [-0.4, -0.2) is 20.4 Å². The highest BCUT2D eigenvalue weighted by molar-refractivity contribution is 6.00. The molecule has 0 aliphatic heterocycles. The third-order valence-electron chi connectivity index (χ3n) is 3.41. The highest BCUT2D eigenvalue weighted by atomic mass is 16.6. The fraction of sp³-hybridized carbons (Fsp3) is 0.0625. The van der Waals surface area contributed by atoms with Crippen LogP contribution in [0.5, 0.6) is 0 Å². The van der Waals surface area contributed by atoms with Crippen molar-refractivity contribution in [3.8, 4) is 0 Å². The number of amides is 1. The Morgan fingerprint density at radius 2 is 2.04 bits per heavy atom. The average molecular weight is 324 g/mol. The van der Waals surface area contributed by atoms with Gasteiger partial charge in [0, 0.05) is 23.7 Å². The average Bonchev–Trinajstić information content (AvgIpc) is 2.57. The van der Waals surface area contributed by atoms with Gasteiger partial charge >= 0.3 is 0 Å². The van der Waals surface area contributed by atoms with Crippen LogP contribution in [0.25, 0.3) is 10.9 Å². The fourth-order valence-corrected chi connectivity index (χ4v) is 2.31. The van der Waals surface area contributed by atoms with Crippen molar-refractivity contribution in [1.82, 2.24) is 9.55 Å². The molecule has 2 heterocycles. The molecule has 2 aromatic heterocycles. The second kappa shape index (κ2) is 6.29. The van der Waals surface area contributed by atoms with E-state index in [-0.39, 0.29) is 12.2 Å². The second-order valence-corrected chi connectivity index (χ2v) is 5.03. The van der Waals surface area contributed by atoms with Gasteiger partial charge in [-0.2, -0.15) is 0 Å². The summed E-state index contributed by atoms with van der Waals surface area (Å²) in [7, 11) is 0. The molecule has 0 aliphatic rings. The zero-order valence-electron chi connectivity index (χ0n) is 12.4. The SMILES string of the molecule is O=C(Cn1cc([N+](=O)[O-])ccc1=O)Nc1cccc2ncccc12. The quantitative estimate of drug-likeness (QED) is 0.583. The Morgan fingerprint density at radius 3 is 2.83 bits per heavy atom. The van der Waals surface area contributed by atoms with Gasteiger partial charge in [-0.1, -0.05) is 6.07 Å². The van der Waals surface area contributed by atoms with Crippen LogP contribution in [0.1, 0.15) is 0 Å². The van der Waals surface area contributed by atoms with Crippen molar-refractivity contribution in [3.05, 3.63) is 75.3 Å². The van der Waals surface area contributed by atoms with Crippen LogP contribution >= 0.6 is 0 Å². The van der Waals surface area contributed by atoms with Crippen molar-refractivity contribution in [3.63, 3.8) is 0 Å². The number of hydrogen-bond acceptors (Lipinski definition) is 5. The lowest BCUT2D eigenvalue weighted by atomic mass is 10.2. The first-order chi connectivity index (χ1) is 11.5. The van der Waals surface area contributed by atoms with E-state index in [0.29, 0.717) is 5.69 Å². The summed E-state index contributed by atoms with van der Waals surface area (Å²) in [5, 5.41) is 14.2. The Hall–Kier alpha value is -3.55. The van der Waals surface area contributed by atoms with Gasteiger partial charge in [0.15, 0.2) is 0 Å². The highest BCUT2D eigenvalue weighted by Crippen LogP contribution is 2.21. The predicted octanol–water partition coefficient (Wildman–Crippen LogP) is 1.94. The summed E-state index contributed by atoms with van der Waals surface area (Å²) in [5.41, 5.74) is 0.541. The molecule has 0 radical (unpaired) electrons. The second-order valence-electron chi connectivity index (χ2n) is 5.03. The first-order valence-electron chi connectivity index (χ1n) is 7.03. The first-order valence-corrected chi connectivity index (χ1v) is 7.03. The van der Waals surface area contributed by atoms with Gasteiger partial charge in [-0.05, 0) is 24.3 Å². The Kier molecular flexibility index (Phi) is 4.02. The number of carbonyl (C=O) groups is 1. The summed E-state index contributed by atoms with van der Waals surface area (Å²) in [4.78, 5) is 38.3. The Morgan fingerprint density at radius 1 is 1.21 bits per heavy atom. The van der Waals surface area contributed by atoms with Crippen molar-refractivity contribution in [1.29, 1.82) is 0 Å². The topological polar surface area (TPSA) is 107 Å². The molecule has 0 saturated carbocycles. The number of fused-ring (bicyclic) bond motifs is 1. The number of aromatic nitrogens is 2. The minimum atomic E-state index is -0.621. The van der Waals surface area contributed by atoms with E-state index in [1.807, 2.05) is 12.1 Å². The molecular formula is C16H12N4O4. The van der Waals surface area contributed by atoms with Crippen molar-refractivity contribution in [2.45, 2.75) is 6.54 Å². The number of nitro groups is 1. The zero-order chi connectivity index (χ0) is 17.1. The van der Waals surface area contributed by atoms with Gasteiger partial charge in [0.2, 0.25) is 5.91 Å². The van der Waals surface area contributed by atoms with Gasteiger partial charge < -0.3 is 5.32 Å². The summed E-state index contributed by atoms with van der Waals surface area (Å²) in [6.07, 6.45) is 2.70. The maximum absolute atomic E-state index is 12.2. The van der Waals surface area contributed by atoms with Gasteiger partial charge in [-0.25, -0.2) is 0 Å². The molecule has 0 aliphatic carbocycles. The molecule has 0 unspecified atom stereocenters. The lowest BCUT2D eigenvalue weighted by Crippen LogP contribution is -2.27. The summed E-state index contributed by atoms with van der Waals surface area (Å²) in [5.74, 6) is -0.464. The third kappa shape index (κ3) is 3.12. The van der Waals surface area contributed by atoms with E-state index in [0.717, 1.165) is 33.8 Å². The van der Waals surface area contributed by atoms with Gasteiger partial charge in [0.25, 0.3) is 11.2 Å². The molecule has 24 heavy (non-hydrogen) atoms. The number of anilines is 1. The van der Waals surface area contributed by atoms with Crippen LogP contribution in [0.2, 0.25) is 0 Å². The lowest BCUT2D eigenvalue weighted by Gasteiger charge is -2.09. The Labute approximate surface area is 135 Å². The molecule has 8 nitrogen and oxygen atoms in total. The monoisotopic (exact) mass is 324 g/mol. The lowest BCUT2D eigenvalue weighted by molar-refractivity contribution is -0.385. The van der Waals surface area contributed by atoms with Crippen molar-refractivity contribution < 1.29 is 9.72 Å². The number of nitrogens with zero attached hydrogens (tertiary/aromatic N) is 3. The normalized spacial score (nSPS) is 10.5. The molecule has 1 aromatic carbocycles. The molecule has 1 N–H and O–H groups in total. The summed E-state index contributed by atoms with van der Waals surface area (Å²) >= 11 is 0. The molecule has 0 spiro atoms. The fourth-order valence-electron chi connectivity index (χ4n) is 2.31. The van der Waals surface area contributed by atoms with Crippen LogP contribution < -0.4 is 10.9 Å². The largest absolute Gasteiger partial charge is 0.324 e. The van der Waals surface area contributed by atoms with E-state index in [1.54, 1.807) is 24.4 Å². The van der Waals surface area contributed by atoms with Gasteiger partial charge in [-0.3, -0.25) is 29.3 Å². The number of rotatable bonds is 4. The number of carbonyl (C=O) groups excluding carboxylic acids is 1. The molecular weight excluding hydrogens is 312 g/mol. The minimum Gasteiger partial charge on any atom is -0.324 e. The molecule has 0 atom stereocenters. The van der Waals surface area contributed by atoms with Crippen LogP contribution in [0.15, 0.2) is 59.7 Å². The van der Waals surface area contributed by atoms with E-state index in [2.05, 4.69) is 10.3 Å².